The number of allylic oxidation sites excluding steroid dienone is 4. The summed E-state index contributed by atoms with van der Waals surface area (Å²) < 4.78 is 15.6. The Hall–Kier alpha value is 0.114. The van der Waals surface area contributed by atoms with Gasteiger partial charge in [0.15, 0.2) is 0 Å². The van der Waals surface area contributed by atoms with E-state index in [9.17, 15) is 3.67 Å². The summed E-state index contributed by atoms with van der Waals surface area (Å²) >= 11 is 4.25. The number of halogens is 1. The third-order valence-corrected chi connectivity index (χ3v) is 2.45. The van der Waals surface area contributed by atoms with Crippen LogP contribution in [0.4, 0.5) is 0 Å². The van der Waals surface area contributed by atoms with Crippen molar-refractivity contribution in [3.63, 3.8) is 0 Å². The molecule has 1 rings (SSSR count). The molecule has 0 aromatic heterocycles. The molecular formula is C9H14ClO2V. The topological polar surface area (TPSA) is 26.3 Å². The van der Waals surface area contributed by atoms with Crippen LogP contribution >= 0.6 is 11.9 Å². The molecule has 0 heterocycles. The molecule has 74 valence electrons. The quantitative estimate of drug-likeness (QED) is 0.703. The molecule has 0 aromatic carbocycles. The molecule has 0 unspecified atom stereocenters. The van der Waals surface area contributed by atoms with Gasteiger partial charge in [0.05, 0.1) is 17.5 Å². The van der Waals surface area contributed by atoms with Crippen molar-refractivity contribution in [2.45, 2.75) is 32.8 Å². The zero-order valence-electron chi connectivity index (χ0n) is 8.08. The average Bonchev–Trinajstić information content (AvgIpc) is 2.56. The zero-order chi connectivity index (χ0) is 10.3. The van der Waals surface area contributed by atoms with Crippen LogP contribution in [0.3, 0.4) is 0 Å². The predicted molar refractivity (Wildman–Crippen MR) is 49.2 cm³/mol. The van der Waals surface area contributed by atoms with Gasteiger partial charge in [0.25, 0.3) is 0 Å². The molecule has 0 spiro atoms. The van der Waals surface area contributed by atoms with Crippen LogP contribution in [-0.4, -0.2) is 5.60 Å². The maximum atomic E-state index is 10.1. The third kappa shape index (κ3) is 8.44. The summed E-state index contributed by atoms with van der Waals surface area (Å²) in [5.74, 6) is 0. The zero-order valence-corrected chi connectivity index (χ0v) is 10.2. The van der Waals surface area contributed by atoms with Crippen molar-refractivity contribution in [1.29, 1.82) is 0 Å². The Kier molecular flexibility index (Phi) is 6.61. The molecule has 0 radical (unpaired) electrons. The van der Waals surface area contributed by atoms with E-state index in [4.69, 9.17) is 11.9 Å². The van der Waals surface area contributed by atoms with Crippen LogP contribution < -0.4 is 0 Å². The molecule has 0 atom stereocenters. The first kappa shape index (κ1) is 13.1. The van der Waals surface area contributed by atoms with Crippen LogP contribution in [0.25, 0.3) is 0 Å². The van der Waals surface area contributed by atoms with Crippen molar-refractivity contribution in [3.8, 4) is 0 Å². The first-order valence-electron chi connectivity index (χ1n) is 3.98. The molecule has 0 fully saturated rings. The molecule has 13 heavy (non-hydrogen) atoms. The summed E-state index contributed by atoms with van der Waals surface area (Å²) in [4.78, 5) is 0. The first-order valence-corrected chi connectivity index (χ1v) is 5.56. The van der Waals surface area contributed by atoms with Crippen LogP contribution in [0.1, 0.15) is 27.2 Å². The standard InChI is InChI=1S/C5H5.C4H9ClO.O.V/c1-2-4-5-3-1;1-4(2,3)6-5;;/h1-3H,4H2;1-3H3;;. The van der Waals surface area contributed by atoms with Crippen LogP contribution in [0, 0.1) is 0 Å². The summed E-state index contributed by atoms with van der Waals surface area (Å²) in [6.45, 7) is 5.67. The predicted octanol–water partition coefficient (Wildman–Crippen LogP) is 3.21. The summed E-state index contributed by atoms with van der Waals surface area (Å²) in [6, 6.07) is 0. The van der Waals surface area contributed by atoms with Crippen molar-refractivity contribution in [3.05, 3.63) is 22.5 Å². The Balaban J connectivity index is 0.000000226. The summed E-state index contributed by atoms with van der Waals surface area (Å²) in [5, 5.41) is 0. The van der Waals surface area contributed by atoms with Gasteiger partial charge in [-0.15, -0.1) is 0 Å². The summed E-state index contributed by atoms with van der Waals surface area (Å²) in [7, 11) is 0. The van der Waals surface area contributed by atoms with Gasteiger partial charge in [0.1, 0.15) is 0 Å². The molecule has 0 saturated heterocycles. The fourth-order valence-corrected chi connectivity index (χ4v) is 1.01. The number of hydrogen-bond donors (Lipinski definition) is 0. The number of rotatable bonds is 1. The molecule has 0 N–H and O–H groups in total. The van der Waals surface area contributed by atoms with Gasteiger partial charge in [-0.1, -0.05) is 0 Å². The Labute approximate surface area is 91.4 Å². The van der Waals surface area contributed by atoms with E-state index < -0.39 is 16.2 Å². The average molecular weight is 241 g/mol. The normalized spacial score (nSPS) is 14.6. The Bertz CT molecular complexity index is 216. The second-order valence-corrected chi connectivity index (χ2v) is 4.91. The van der Waals surface area contributed by atoms with Gasteiger partial charge >= 0.3 is 48.8 Å². The van der Waals surface area contributed by atoms with Crippen LogP contribution in [0.5, 0.6) is 0 Å². The molecular weight excluding hydrogens is 226 g/mol. The third-order valence-electron chi connectivity index (χ3n) is 1.10. The van der Waals surface area contributed by atoms with E-state index in [1.807, 2.05) is 39.0 Å². The first-order chi connectivity index (χ1) is 5.99. The van der Waals surface area contributed by atoms with E-state index in [0.717, 1.165) is 10.7 Å². The van der Waals surface area contributed by atoms with Crippen molar-refractivity contribution in [1.82, 2.24) is 0 Å². The fraction of sp³-hybridized carbons (Fsp3) is 0.556. The summed E-state index contributed by atoms with van der Waals surface area (Å²) in [6.07, 6.45) is 6.81. The second kappa shape index (κ2) is 6.55. The van der Waals surface area contributed by atoms with E-state index >= 15 is 0 Å². The van der Waals surface area contributed by atoms with E-state index in [0.29, 0.717) is 0 Å². The molecule has 0 aromatic rings. The van der Waals surface area contributed by atoms with E-state index in [1.54, 1.807) is 0 Å². The Morgan fingerprint density at radius 2 is 2.08 bits per heavy atom. The molecule has 1 aliphatic carbocycles. The van der Waals surface area contributed by atoms with E-state index in [-0.39, 0.29) is 5.60 Å². The molecule has 0 aliphatic heterocycles. The number of hydrogen-bond acceptors (Lipinski definition) is 2. The minimum atomic E-state index is -0.727. The fourth-order valence-electron chi connectivity index (χ4n) is 0.504. The van der Waals surface area contributed by atoms with Crippen LogP contribution in [0.15, 0.2) is 22.5 Å². The molecule has 0 amide bonds. The van der Waals surface area contributed by atoms with Crippen molar-refractivity contribution in [2.24, 2.45) is 0 Å². The van der Waals surface area contributed by atoms with Gasteiger partial charge in [-0.3, -0.25) is 4.29 Å². The van der Waals surface area contributed by atoms with Gasteiger partial charge in [0.2, 0.25) is 0 Å². The van der Waals surface area contributed by atoms with Crippen molar-refractivity contribution in [2.75, 3.05) is 0 Å². The van der Waals surface area contributed by atoms with E-state index in [2.05, 4.69) is 4.29 Å². The van der Waals surface area contributed by atoms with Gasteiger partial charge < -0.3 is 0 Å². The molecule has 0 saturated carbocycles. The molecule has 4 heteroatoms. The minimum absolute atomic E-state index is 0.193. The van der Waals surface area contributed by atoms with Crippen LogP contribution in [0.2, 0.25) is 0 Å². The maximum absolute atomic E-state index is 10.1. The SMILES string of the molecule is CC(C)(C)OCl.[O]=[V][C]1=CC=CC1. The van der Waals surface area contributed by atoms with E-state index in [1.165, 1.54) is 0 Å². The van der Waals surface area contributed by atoms with Crippen molar-refractivity contribution >= 4 is 11.9 Å². The van der Waals surface area contributed by atoms with Crippen molar-refractivity contribution < 1.29 is 24.2 Å². The van der Waals surface area contributed by atoms with Gasteiger partial charge in [0, 0.05) is 0 Å². The van der Waals surface area contributed by atoms with Gasteiger partial charge in [-0.25, -0.2) is 0 Å². The molecule has 2 nitrogen and oxygen atoms in total. The molecule has 0 bridgehead atoms. The second-order valence-electron chi connectivity index (χ2n) is 3.57. The Morgan fingerprint density at radius 3 is 2.23 bits per heavy atom. The monoisotopic (exact) mass is 240 g/mol. The van der Waals surface area contributed by atoms with Gasteiger partial charge in [-0.2, -0.15) is 0 Å². The van der Waals surface area contributed by atoms with Gasteiger partial charge in [-0.05, 0) is 20.8 Å². The Morgan fingerprint density at radius 1 is 1.54 bits per heavy atom. The van der Waals surface area contributed by atoms with Crippen LogP contribution in [-0.2, 0) is 24.2 Å². The molecule has 1 aliphatic rings. The summed E-state index contributed by atoms with van der Waals surface area (Å²) in [5.41, 5.74) is -0.193.